The number of methoxy groups -OCH3 is 1. The number of halogens is 1. The molecule has 0 fully saturated rings. The van der Waals surface area contributed by atoms with E-state index in [1.165, 1.54) is 11.3 Å². The number of rotatable bonds is 6. The largest absolute Gasteiger partial charge is 0.497 e. The second-order valence-electron chi connectivity index (χ2n) is 7.85. The summed E-state index contributed by atoms with van der Waals surface area (Å²) >= 11 is 4.53. The van der Waals surface area contributed by atoms with Gasteiger partial charge in [0.05, 0.1) is 35.6 Å². The van der Waals surface area contributed by atoms with Crippen molar-refractivity contribution in [2.45, 2.75) is 13.0 Å². The van der Waals surface area contributed by atoms with Gasteiger partial charge >= 0.3 is 5.97 Å². The highest BCUT2D eigenvalue weighted by Crippen LogP contribution is 2.35. The standard InChI is InChI=1S/C27H21BrN2O5S/c1-3-34-26(32)22-23(16-7-5-4-6-8-16)29-27-30(24(22)17-9-11-18(33-2)12-10-17)25(31)20(36-27)15-19-13-14-21(28)35-19/h4-15,24H,3H2,1-2H3/b20-15-/t24-/m1/s1. The molecule has 3 heterocycles. The monoisotopic (exact) mass is 564 g/mol. The van der Waals surface area contributed by atoms with Gasteiger partial charge in [-0.3, -0.25) is 9.36 Å². The number of fused-ring (bicyclic) bond motifs is 1. The van der Waals surface area contributed by atoms with Crippen molar-refractivity contribution >= 4 is 45.0 Å². The Morgan fingerprint density at radius 3 is 2.53 bits per heavy atom. The number of nitrogens with zero attached hydrogens (tertiary/aromatic N) is 2. The SMILES string of the molecule is CCOC(=O)C1=C(c2ccccc2)N=c2s/c(=C\c3ccc(Br)o3)c(=O)n2[C@@H]1c1ccc(OC)cc1. The molecule has 5 rings (SSSR count). The summed E-state index contributed by atoms with van der Waals surface area (Å²) in [6, 6.07) is 19.5. The van der Waals surface area contributed by atoms with Crippen molar-refractivity contribution in [2.75, 3.05) is 13.7 Å². The predicted molar refractivity (Wildman–Crippen MR) is 140 cm³/mol. The molecule has 2 aromatic carbocycles. The van der Waals surface area contributed by atoms with Crippen LogP contribution in [0.5, 0.6) is 5.75 Å². The zero-order valence-corrected chi connectivity index (χ0v) is 21.8. The molecule has 182 valence electrons. The number of furan rings is 1. The van der Waals surface area contributed by atoms with E-state index >= 15 is 0 Å². The maximum atomic E-state index is 13.7. The quantitative estimate of drug-likeness (QED) is 0.326. The summed E-state index contributed by atoms with van der Waals surface area (Å²) in [4.78, 5) is 32.4. The Bertz CT molecular complexity index is 1630. The predicted octanol–water partition coefficient (Wildman–Crippen LogP) is 4.30. The van der Waals surface area contributed by atoms with Crippen LogP contribution in [0.15, 0.2) is 91.2 Å². The molecule has 4 aromatic rings. The molecule has 1 aliphatic heterocycles. The van der Waals surface area contributed by atoms with Gasteiger partial charge in [0, 0.05) is 11.6 Å². The van der Waals surface area contributed by atoms with Crippen LogP contribution in [0.1, 0.15) is 29.9 Å². The lowest BCUT2D eigenvalue weighted by Crippen LogP contribution is -2.40. The van der Waals surface area contributed by atoms with Crippen molar-refractivity contribution in [3.8, 4) is 5.75 Å². The molecule has 0 saturated heterocycles. The summed E-state index contributed by atoms with van der Waals surface area (Å²) in [6.07, 6.45) is 1.68. The van der Waals surface area contributed by atoms with E-state index in [0.717, 1.165) is 11.1 Å². The highest BCUT2D eigenvalue weighted by molar-refractivity contribution is 9.10. The van der Waals surface area contributed by atoms with Gasteiger partial charge in [-0.2, -0.15) is 0 Å². The maximum Gasteiger partial charge on any atom is 0.338 e. The van der Waals surface area contributed by atoms with Crippen LogP contribution >= 0.6 is 27.3 Å². The van der Waals surface area contributed by atoms with Crippen LogP contribution in [-0.4, -0.2) is 24.3 Å². The Labute approximate surface area is 218 Å². The molecular formula is C27H21BrN2O5S. The molecule has 0 unspecified atom stereocenters. The number of benzene rings is 2. The van der Waals surface area contributed by atoms with Gasteiger partial charge in [0.2, 0.25) is 0 Å². The van der Waals surface area contributed by atoms with Crippen molar-refractivity contribution in [3.05, 3.63) is 114 Å². The first-order chi connectivity index (χ1) is 17.5. The fraction of sp³-hybridized carbons (Fsp3) is 0.148. The summed E-state index contributed by atoms with van der Waals surface area (Å²) in [5.74, 6) is 0.672. The number of carbonyl (C=O) groups is 1. The summed E-state index contributed by atoms with van der Waals surface area (Å²) in [5.41, 5.74) is 1.99. The molecule has 9 heteroatoms. The van der Waals surface area contributed by atoms with Gasteiger partial charge < -0.3 is 13.9 Å². The van der Waals surface area contributed by atoms with Crippen LogP contribution < -0.4 is 19.6 Å². The minimum Gasteiger partial charge on any atom is -0.497 e. The fourth-order valence-corrected chi connectivity index (χ4v) is 5.38. The topological polar surface area (TPSA) is 83.0 Å². The van der Waals surface area contributed by atoms with E-state index in [4.69, 9.17) is 18.9 Å². The van der Waals surface area contributed by atoms with Crippen LogP contribution in [0.2, 0.25) is 0 Å². The number of carbonyl (C=O) groups excluding carboxylic acids is 1. The molecule has 36 heavy (non-hydrogen) atoms. The van der Waals surface area contributed by atoms with E-state index in [1.807, 2.05) is 42.5 Å². The van der Waals surface area contributed by atoms with Gasteiger partial charge in [0.1, 0.15) is 11.5 Å². The Kier molecular flexibility index (Phi) is 6.75. The zero-order valence-electron chi connectivity index (χ0n) is 19.4. The second kappa shape index (κ2) is 10.1. The van der Waals surface area contributed by atoms with Crippen molar-refractivity contribution in [2.24, 2.45) is 4.99 Å². The van der Waals surface area contributed by atoms with Crippen LogP contribution in [-0.2, 0) is 9.53 Å². The third-order valence-electron chi connectivity index (χ3n) is 5.67. The number of hydrogen-bond donors (Lipinski definition) is 0. The summed E-state index contributed by atoms with van der Waals surface area (Å²) in [7, 11) is 1.59. The molecule has 0 saturated carbocycles. The first-order valence-corrected chi connectivity index (χ1v) is 12.8. The Hall–Kier alpha value is -3.69. The Balaban J connectivity index is 1.82. The molecule has 1 aliphatic rings. The van der Waals surface area contributed by atoms with Crippen LogP contribution in [0, 0.1) is 0 Å². The van der Waals surface area contributed by atoms with E-state index < -0.39 is 12.0 Å². The summed E-state index contributed by atoms with van der Waals surface area (Å²) in [5, 5.41) is 0. The Morgan fingerprint density at radius 2 is 1.89 bits per heavy atom. The van der Waals surface area contributed by atoms with Crippen LogP contribution in [0.3, 0.4) is 0 Å². The van der Waals surface area contributed by atoms with Crippen LogP contribution in [0.25, 0.3) is 11.8 Å². The molecule has 2 aromatic heterocycles. The molecule has 0 aliphatic carbocycles. The number of hydrogen-bond acceptors (Lipinski definition) is 7. The van der Waals surface area contributed by atoms with Crippen molar-refractivity contribution in [1.82, 2.24) is 4.57 Å². The van der Waals surface area contributed by atoms with E-state index in [2.05, 4.69) is 15.9 Å². The second-order valence-corrected chi connectivity index (χ2v) is 9.64. The van der Waals surface area contributed by atoms with Crippen LogP contribution in [0.4, 0.5) is 0 Å². The van der Waals surface area contributed by atoms with Gasteiger partial charge in [0.25, 0.3) is 5.56 Å². The number of thiazole rings is 1. The molecule has 1 atom stereocenters. The zero-order chi connectivity index (χ0) is 25.2. The van der Waals surface area contributed by atoms with Gasteiger partial charge in [-0.05, 0) is 52.7 Å². The van der Waals surface area contributed by atoms with Crippen molar-refractivity contribution < 1.29 is 18.7 Å². The Morgan fingerprint density at radius 1 is 1.14 bits per heavy atom. The van der Waals surface area contributed by atoms with E-state index in [1.54, 1.807) is 48.9 Å². The minimum atomic E-state index is -0.744. The molecule has 0 bridgehead atoms. The fourth-order valence-electron chi connectivity index (χ4n) is 4.08. The minimum absolute atomic E-state index is 0.192. The van der Waals surface area contributed by atoms with Crippen molar-refractivity contribution in [3.63, 3.8) is 0 Å². The average molecular weight is 565 g/mol. The smallest absolute Gasteiger partial charge is 0.338 e. The average Bonchev–Trinajstić information content (AvgIpc) is 3.45. The molecule has 0 radical (unpaired) electrons. The highest BCUT2D eigenvalue weighted by atomic mass is 79.9. The number of esters is 1. The van der Waals surface area contributed by atoms with Crippen molar-refractivity contribution in [1.29, 1.82) is 0 Å². The molecule has 0 amide bonds. The van der Waals surface area contributed by atoms with Gasteiger partial charge in [-0.1, -0.05) is 53.8 Å². The molecule has 0 N–H and O–H groups in total. The molecule has 0 spiro atoms. The highest BCUT2D eigenvalue weighted by Gasteiger charge is 2.35. The van der Waals surface area contributed by atoms with E-state index in [9.17, 15) is 9.59 Å². The van der Waals surface area contributed by atoms with Gasteiger partial charge in [0.15, 0.2) is 9.47 Å². The normalized spacial score (nSPS) is 15.4. The van der Waals surface area contributed by atoms with Gasteiger partial charge in [-0.25, -0.2) is 9.79 Å². The van der Waals surface area contributed by atoms with Gasteiger partial charge in [-0.15, -0.1) is 0 Å². The molecule has 7 nitrogen and oxygen atoms in total. The first-order valence-electron chi connectivity index (χ1n) is 11.2. The first kappa shape index (κ1) is 24.0. The molecular weight excluding hydrogens is 544 g/mol. The van der Waals surface area contributed by atoms with E-state index in [0.29, 0.717) is 36.8 Å². The number of ether oxygens (including phenoxy) is 2. The summed E-state index contributed by atoms with van der Waals surface area (Å²) < 4.78 is 18.9. The lowest BCUT2D eigenvalue weighted by atomic mass is 9.93. The lowest BCUT2D eigenvalue weighted by molar-refractivity contribution is -0.138. The third kappa shape index (κ3) is 4.47. The third-order valence-corrected chi connectivity index (χ3v) is 7.08. The lowest BCUT2D eigenvalue weighted by Gasteiger charge is -2.26. The van der Waals surface area contributed by atoms with E-state index in [-0.39, 0.29) is 12.2 Å². The maximum absolute atomic E-state index is 13.7. The number of aromatic nitrogens is 1. The summed E-state index contributed by atoms with van der Waals surface area (Å²) in [6.45, 7) is 1.94.